The number of hydrogen-bond acceptors (Lipinski definition) is 3. The fraction of sp³-hybridized carbons (Fsp3) is 0.909. The van der Waals surface area contributed by atoms with Crippen LogP contribution < -0.4 is 5.73 Å². The molecule has 0 bridgehead atoms. The molecule has 1 unspecified atom stereocenters. The van der Waals surface area contributed by atoms with E-state index in [1.807, 2.05) is 20.8 Å². The van der Waals surface area contributed by atoms with Gasteiger partial charge in [-0.25, -0.2) is 0 Å². The molecule has 0 aromatic rings. The molecule has 0 aliphatic carbocycles. The van der Waals surface area contributed by atoms with Crippen molar-refractivity contribution in [2.24, 2.45) is 11.1 Å². The Morgan fingerprint density at radius 3 is 2.64 bits per heavy atom. The van der Waals surface area contributed by atoms with Crippen molar-refractivity contribution in [2.75, 3.05) is 19.6 Å². The number of nitrogens with two attached hydrogens (primary N) is 1. The topological polar surface area (TPSA) is 46.3 Å². The number of hydrogen-bond donors (Lipinski definition) is 1. The van der Waals surface area contributed by atoms with Crippen molar-refractivity contribution in [2.45, 2.75) is 39.7 Å². The van der Waals surface area contributed by atoms with Crippen LogP contribution in [0.4, 0.5) is 0 Å². The molecule has 0 saturated carbocycles. The SMILES string of the molecule is CC(C)(C)C(=O)CN1CCCC(N)C1. The summed E-state index contributed by atoms with van der Waals surface area (Å²) in [6.07, 6.45) is 2.22. The number of carbonyl (C=O) groups excluding carboxylic acids is 1. The van der Waals surface area contributed by atoms with Crippen molar-refractivity contribution in [1.29, 1.82) is 0 Å². The predicted octanol–water partition coefficient (Wildman–Crippen LogP) is 1.02. The minimum atomic E-state index is -0.221. The number of carbonyl (C=O) groups is 1. The van der Waals surface area contributed by atoms with Gasteiger partial charge in [0.2, 0.25) is 0 Å². The van der Waals surface area contributed by atoms with E-state index in [1.165, 1.54) is 0 Å². The van der Waals surface area contributed by atoms with Crippen LogP contribution in [0.15, 0.2) is 0 Å². The highest BCUT2D eigenvalue weighted by Crippen LogP contribution is 2.16. The highest BCUT2D eigenvalue weighted by atomic mass is 16.1. The van der Waals surface area contributed by atoms with Crippen LogP contribution in [-0.2, 0) is 4.79 Å². The third-order valence-corrected chi connectivity index (χ3v) is 2.75. The maximum atomic E-state index is 11.8. The lowest BCUT2D eigenvalue weighted by Crippen LogP contribution is -2.46. The Bertz CT molecular complexity index is 208. The van der Waals surface area contributed by atoms with Crippen molar-refractivity contribution < 1.29 is 4.79 Å². The first-order valence-corrected chi connectivity index (χ1v) is 5.41. The third-order valence-electron chi connectivity index (χ3n) is 2.75. The summed E-state index contributed by atoms with van der Waals surface area (Å²) < 4.78 is 0. The first kappa shape index (κ1) is 11.7. The zero-order valence-corrected chi connectivity index (χ0v) is 9.55. The van der Waals surface area contributed by atoms with Gasteiger partial charge in [-0.3, -0.25) is 9.69 Å². The molecule has 0 amide bonds. The molecule has 1 heterocycles. The van der Waals surface area contributed by atoms with Crippen LogP contribution in [0.2, 0.25) is 0 Å². The van der Waals surface area contributed by atoms with E-state index in [2.05, 4.69) is 4.90 Å². The lowest BCUT2D eigenvalue weighted by atomic mass is 9.90. The number of ketones is 1. The molecule has 1 rings (SSSR count). The quantitative estimate of drug-likeness (QED) is 0.720. The standard InChI is InChI=1S/C11H22N2O/c1-11(2,3)10(14)8-13-6-4-5-9(12)7-13/h9H,4-8,12H2,1-3H3. The molecule has 82 valence electrons. The molecule has 0 radical (unpaired) electrons. The van der Waals surface area contributed by atoms with Gasteiger partial charge in [-0.15, -0.1) is 0 Å². The second kappa shape index (κ2) is 4.41. The molecule has 1 fully saturated rings. The largest absolute Gasteiger partial charge is 0.327 e. The summed E-state index contributed by atoms with van der Waals surface area (Å²) in [6.45, 7) is 8.38. The summed E-state index contributed by atoms with van der Waals surface area (Å²) in [4.78, 5) is 13.9. The number of likely N-dealkylation sites (tertiary alicyclic amines) is 1. The molecule has 1 saturated heterocycles. The summed E-state index contributed by atoms with van der Waals surface area (Å²) in [5.41, 5.74) is 5.64. The van der Waals surface area contributed by atoms with Crippen molar-refractivity contribution in [3.8, 4) is 0 Å². The molecule has 2 N–H and O–H groups in total. The fourth-order valence-corrected chi connectivity index (χ4v) is 1.68. The van der Waals surface area contributed by atoms with Crippen LogP contribution in [-0.4, -0.2) is 36.4 Å². The van der Waals surface area contributed by atoms with Gasteiger partial charge in [0.15, 0.2) is 5.78 Å². The average molecular weight is 198 g/mol. The van der Waals surface area contributed by atoms with Crippen LogP contribution >= 0.6 is 0 Å². The summed E-state index contributed by atoms with van der Waals surface area (Å²) in [6, 6.07) is 0.261. The smallest absolute Gasteiger partial charge is 0.152 e. The molecule has 1 aliphatic rings. The van der Waals surface area contributed by atoms with E-state index >= 15 is 0 Å². The van der Waals surface area contributed by atoms with E-state index in [4.69, 9.17) is 5.73 Å². The normalized spacial score (nSPS) is 25.0. The minimum Gasteiger partial charge on any atom is -0.327 e. The molecule has 14 heavy (non-hydrogen) atoms. The zero-order valence-electron chi connectivity index (χ0n) is 9.55. The number of rotatable bonds is 2. The molecule has 0 aromatic heterocycles. The third kappa shape index (κ3) is 3.39. The molecule has 1 aliphatic heterocycles. The van der Waals surface area contributed by atoms with E-state index < -0.39 is 0 Å². The molecule has 0 spiro atoms. The Morgan fingerprint density at radius 1 is 1.50 bits per heavy atom. The highest BCUT2D eigenvalue weighted by molar-refractivity contribution is 5.85. The zero-order chi connectivity index (χ0) is 10.8. The Balaban J connectivity index is 2.40. The second-order valence-electron chi connectivity index (χ2n) is 5.31. The Labute approximate surface area is 86.6 Å². The van der Waals surface area contributed by atoms with Crippen LogP contribution in [0.5, 0.6) is 0 Å². The summed E-state index contributed by atoms with van der Waals surface area (Å²) in [7, 11) is 0. The molecular formula is C11H22N2O. The lowest BCUT2D eigenvalue weighted by Gasteiger charge is -2.31. The van der Waals surface area contributed by atoms with Gasteiger partial charge in [0.1, 0.15) is 0 Å². The van der Waals surface area contributed by atoms with Crippen molar-refractivity contribution in [1.82, 2.24) is 4.90 Å². The van der Waals surface area contributed by atoms with Crippen LogP contribution in [0, 0.1) is 5.41 Å². The molecular weight excluding hydrogens is 176 g/mol. The van der Waals surface area contributed by atoms with Gasteiger partial charge in [0, 0.05) is 18.0 Å². The van der Waals surface area contributed by atoms with Crippen molar-refractivity contribution >= 4 is 5.78 Å². The van der Waals surface area contributed by atoms with E-state index in [0.29, 0.717) is 12.3 Å². The van der Waals surface area contributed by atoms with Crippen LogP contribution in [0.1, 0.15) is 33.6 Å². The van der Waals surface area contributed by atoms with Gasteiger partial charge in [0.05, 0.1) is 6.54 Å². The van der Waals surface area contributed by atoms with Gasteiger partial charge in [-0.05, 0) is 19.4 Å². The molecule has 0 aromatic carbocycles. The first-order valence-electron chi connectivity index (χ1n) is 5.41. The summed E-state index contributed by atoms with van der Waals surface area (Å²) >= 11 is 0. The van der Waals surface area contributed by atoms with Gasteiger partial charge < -0.3 is 5.73 Å². The van der Waals surface area contributed by atoms with E-state index in [1.54, 1.807) is 0 Å². The van der Waals surface area contributed by atoms with Crippen molar-refractivity contribution in [3.05, 3.63) is 0 Å². The molecule has 3 nitrogen and oxygen atoms in total. The average Bonchev–Trinajstić information content (AvgIpc) is 2.02. The highest BCUT2D eigenvalue weighted by Gasteiger charge is 2.25. The maximum absolute atomic E-state index is 11.8. The van der Waals surface area contributed by atoms with Gasteiger partial charge in [-0.2, -0.15) is 0 Å². The Morgan fingerprint density at radius 2 is 2.14 bits per heavy atom. The van der Waals surface area contributed by atoms with E-state index in [-0.39, 0.29) is 11.5 Å². The fourth-order valence-electron chi connectivity index (χ4n) is 1.68. The molecule has 1 atom stereocenters. The predicted molar refractivity (Wildman–Crippen MR) is 58.1 cm³/mol. The lowest BCUT2D eigenvalue weighted by molar-refractivity contribution is -0.127. The summed E-state index contributed by atoms with van der Waals surface area (Å²) in [5.74, 6) is 0.312. The van der Waals surface area contributed by atoms with Crippen LogP contribution in [0.3, 0.4) is 0 Å². The molecule has 3 heteroatoms. The Hall–Kier alpha value is -0.410. The van der Waals surface area contributed by atoms with E-state index in [9.17, 15) is 4.79 Å². The second-order valence-corrected chi connectivity index (χ2v) is 5.31. The van der Waals surface area contributed by atoms with Gasteiger partial charge >= 0.3 is 0 Å². The van der Waals surface area contributed by atoms with Gasteiger partial charge in [-0.1, -0.05) is 20.8 Å². The Kier molecular flexibility index (Phi) is 3.67. The first-order chi connectivity index (χ1) is 6.39. The number of nitrogens with zero attached hydrogens (tertiary/aromatic N) is 1. The van der Waals surface area contributed by atoms with Crippen molar-refractivity contribution in [3.63, 3.8) is 0 Å². The minimum absolute atomic E-state index is 0.221. The monoisotopic (exact) mass is 198 g/mol. The maximum Gasteiger partial charge on any atom is 0.152 e. The summed E-state index contributed by atoms with van der Waals surface area (Å²) in [5, 5.41) is 0. The number of Topliss-reactive ketones (excluding diaryl/α,β-unsaturated/α-hetero) is 1. The number of piperidine rings is 1. The van der Waals surface area contributed by atoms with Gasteiger partial charge in [0.25, 0.3) is 0 Å². The van der Waals surface area contributed by atoms with Crippen LogP contribution in [0.25, 0.3) is 0 Å². The van der Waals surface area contributed by atoms with E-state index in [0.717, 1.165) is 25.9 Å².